The molecular weight excluding hydrogens is 476 g/mol. The van der Waals surface area contributed by atoms with Crippen LogP contribution < -0.4 is 0 Å². The zero-order valence-corrected chi connectivity index (χ0v) is 21.8. The van der Waals surface area contributed by atoms with Gasteiger partial charge in [-0.05, 0) is 72.5 Å². The van der Waals surface area contributed by atoms with Crippen molar-refractivity contribution in [2.75, 3.05) is 0 Å². The van der Waals surface area contributed by atoms with E-state index in [-0.39, 0.29) is 0 Å². The van der Waals surface area contributed by atoms with Gasteiger partial charge in [-0.1, -0.05) is 78.9 Å². The van der Waals surface area contributed by atoms with E-state index in [0.29, 0.717) is 0 Å². The predicted molar refractivity (Wildman–Crippen MR) is 162 cm³/mol. The predicted octanol–water partition coefficient (Wildman–Crippen LogP) is 8.82. The largest absolute Gasteiger partial charge is 0.298 e. The summed E-state index contributed by atoms with van der Waals surface area (Å²) in [6.45, 7) is 4.16. The van der Waals surface area contributed by atoms with Crippen molar-refractivity contribution in [1.82, 2.24) is 14.4 Å². The topological polar surface area (TPSA) is 42.5 Å². The van der Waals surface area contributed by atoms with E-state index in [4.69, 9.17) is 15.0 Å². The third-order valence-electron chi connectivity index (χ3n) is 7.30. The van der Waals surface area contributed by atoms with Crippen LogP contribution in [-0.4, -0.2) is 20.1 Å². The number of hydrogen-bond donors (Lipinski definition) is 0. The molecule has 0 spiro atoms. The summed E-state index contributed by atoms with van der Waals surface area (Å²) < 4.78 is 2.14. The van der Waals surface area contributed by atoms with E-state index in [0.717, 1.165) is 66.9 Å². The van der Waals surface area contributed by atoms with Crippen LogP contribution in [0.1, 0.15) is 18.1 Å². The summed E-state index contributed by atoms with van der Waals surface area (Å²) in [6.07, 6.45) is 2.06. The van der Waals surface area contributed by atoms with E-state index in [9.17, 15) is 0 Å². The highest BCUT2D eigenvalue weighted by Crippen LogP contribution is 2.34. The molecule has 0 radical (unpaired) electrons. The Bertz CT molecular complexity index is 2050. The van der Waals surface area contributed by atoms with Gasteiger partial charge in [0.15, 0.2) is 0 Å². The Morgan fingerprint density at radius 2 is 1.44 bits per heavy atom. The molecule has 0 unspecified atom stereocenters. The maximum Gasteiger partial charge on any atom is 0.137 e. The minimum Gasteiger partial charge on any atom is -0.298 e. The van der Waals surface area contributed by atoms with Gasteiger partial charge in [0.05, 0.1) is 22.4 Å². The summed E-state index contributed by atoms with van der Waals surface area (Å²) in [4.78, 5) is 15.1. The molecule has 4 heteroatoms. The van der Waals surface area contributed by atoms with E-state index in [1.54, 1.807) is 0 Å². The van der Waals surface area contributed by atoms with Gasteiger partial charge in [-0.15, -0.1) is 0 Å². The average Bonchev–Trinajstić information content (AvgIpc) is 3.38. The number of imidazole rings is 1. The van der Waals surface area contributed by atoms with E-state index in [1.807, 2.05) is 42.5 Å². The molecule has 3 heterocycles. The molecule has 39 heavy (non-hydrogen) atoms. The van der Waals surface area contributed by atoms with Gasteiger partial charge in [0.2, 0.25) is 0 Å². The Balaban J connectivity index is 1.37. The van der Waals surface area contributed by atoms with E-state index >= 15 is 0 Å². The van der Waals surface area contributed by atoms with Gasteiger partial charge in [0, 0.05) is 22.9 Å². The van der Waals surface area contributed by atoms with E-state index in [1.165, 1.54) is 5.56 Å². The Morgan fingerprint density at radius 1 is 0.692 bits per heavy atom. The van der Waals surface area contributed by atoms with Gasteiger partial charge < -0.3 is 0 Å². The summed E-state index contributed by atoms with van der Waals surface area (Å²) in [5.74, 6) is 0. The molecule has 0 fully saturated rings. The number of aliphatic imine (C=N–C) groups is 1. The molecule has 0 saturated heterocycles. The lowest BCUT2D eigenvalue weighted by molar-refractivity contribution is 1.22. The first-order valence-corrected chi connectivity index (χ1v) is 13.1. The first-order valence-electron chi connectivity index (χ1n) is 13.1. The molecule has 0 aliphatic heterocycles. The molecule has 0 atom stereocenters. The van der Waals surface area contributed by atoms with Crippen molar-refractivity contribution in [1.29, 1.82) is 0 Å². The van der Waals surface area contributed by atoms with Crippen molar-refractivity contribution in [3.8, 4) is 22.4 Å². The number of fused-ring (bicyclic) bond motifs is 5. The van der Waals surface area contributed by atoms with Crippen LogP contribution in [0.15, 0.2) is 126 Å². The molecular formula is C35H26N4. The molecule has 0 N–H and O–H groups in total. The molecule has 4 nitrogen and oxygen atoms in total. The monoisotopic (exact) mass is 502 g/mol. The summed E-state index contributed by atoms with van der Waals surface area (Å²) >= 11 is 0. The summed E-state index contributed by atoms with van der Waals surface area (Å²) in [6, 6.07) is 39.8. The summed E-state index contributed by atoms with van der Waals surface area (Å²) in [5.41, 5.74) is 12.4. The third-order valence-corrected chi connectivity index (χ3v) is 7.30. The first-order chi connectivity index (χ1) is 19.2. The van der Waals surface area contributed by atoms with Crippen LogP contribution in [0.25, 0.3) is 50.0 Å². The number of aromatic nitrogens is 3. The lowest BCUT2D eigenvalue weighted by atomic mass is 9.98. The van der Waals surface area contributed by atoms with Crippen molar-refractivity contribution in [3.05, 3.63) is 133 Å². The summed E-state index contributed by atoms with van der Waals surface area (Å²) in [7, 11) is 0. The van der Waals surface area contributed by atoms with Crippen LogP contribution >= 0.6 is 0 Å². The molecule has 0 aliphatic carbocycles. The molecule has 0 amide bonds. The molecule has 0 aliphatic rings. The number of rotatable bonds is 4. The van der Waals surface area contributed by atoms with Crippen molar-refractivity contribution in [2.24, 2.45) is 4.99 Å². The highest BCUT2D eigenvalue weighted by atomic mass is 15.0. The van der Waals surface area contributed by atoms with Crippen LogP contribution in [0.5, 0.6) is 0 Å². The van der Waals surface area contributed by atoms with Gasteiger partial charge >= 0.3 is 0 Å². The second-order valence-corrected chi connectivity index (χ2v) is 9.86. The minimum atomic E-state index is 0.916. The van der Waals surface area contributed by atoms with Gasteiger partial charge in [-0.3, -0.25) is 9.39 Å². The second-order valence-electron chi connectivity index (χ2n) is 9.86. The van der Waals surface area contributed by atoms with Gasteiger partial charge in [0.25, 0.3) is 0 Å². The molecule has 186 valence electrons. The maximum absolute atomic E-state index is 5.15. The Kier molecular flexibility index (Phi) is 5.52. The Hall–Kier alpha value is -5.09. The Labute approximate surface area is 227 Å². The fraction of sp³-hybridized carbons (Fsp3) is 0.0571. The van der Waals surface area contributed by atoms with Crippen LogP contribution in [-0.2, 0) is 0 Å². The molecule has 0 saturated carbocycles. The molecule has 3 aromatic heterocycles. The maximum atomic E-state index is 5.15. The molecule has 7 aromatic rings. The number of pyridine rings is 2. The zero-order valence-electron chi connectivity index (χ0n) is 21.8. The number of nitrogens with zero attached hydrogens (tertiary/aromatic N) is 4. The smallest absolute Gasteiger partial charge is 0.137 e. The summed E-state index contributed by atoms with van der Waals surface area (Å²) in [5, 5.41) is 1.06. The van der Waals surface area contributed by atoms with Gasteiger partial charge in [-0.25, -0.2) is 9.97 Å². The SMILES string of the molecule is CC(=Nc1ccccc1C)c1cccc(-c2cccc(-c3nc4ccccc4c4nc5ccccn5c34)c2)c1. The fourth-order valence-electron chi connectivity index (χ4n) is 5.26. The lowest BCUT2D eigenvalue weighted by Crippen LogP contribution is -1.95. The highest BCUT2D eigenvalue weighted by molar-refractivity contribution is 6.09. The van der Waals surface area contributed by atoms with Crippen LogP contribution in [0, 0.1) is 6.92 Å². The van der Waals surface area contributed by atoms with Crippen molar-refractivity contribution in [2.45, 2.75) is 13.8 Å². The number of aryl methyl sites for hydroxylation is 1. The molecule has 7 rings (SSSR count). The van der Waals surface area contributed by atoms with Crippen LogP contribution in [0.3, 0.4) is 0 Å². The van der Waals surface area contributed by atoms with Gasteiger partial charge in [0.1, 0.15) is 11.2 Å². The van der Waals surface area contributed by atoms with Crippen LogP contribution in [0.4, 0.5) is 5.69 Å². The molecule has 4 aromatic carbocycles. The van der Waals surface area contributed by atoms with Gasteiger partial charge in [-0.2, -0.15) is 0 Å². The van der Waals surface area contributed by atoms with Crippen molar-refractivity contribution < 1.29 is 0 Å². The number of benzene rings is 4. The number of para-hydroxylation sites is 2. The fourth-order valence-corrected chi connectivity index (χ4v) is 5.26. The quantitative estimate of drug-likeness (QED) is 0.226. The lowest BCUT2D eigenvalue weighted by Gasteiger charge is -2.10. The third kappa shape index (κ3) is 4.07. The number of hydrogen-bond acceptors (Lipinski definition) is 3. The second kappa shape index (κ2) is 9.34. The average molecular weight is 503 g/mol. The van der Waals surface area contributed by atoms with Crippen molar-refractivity contribution in [3.63, 3.8) is 0 Å². The van der Waals surface area contributed by atoms with Crippen LogP contribution in [0.2, 0.25) is 0 Å². The minimum absolute atomic E-state index is 0.916. The highest BCUT2D eigenvalue weighted by Gasteiger charge is 2.16. The first kappa shape index (κ1) is 23.1. The van der Waals surface area contributed by atoms with E-state index in [2.05, 4.69) is 97.2 Å². The molecule has 0 bridgehead atoms. The zero-order chi connectivity index (χ0) is 26.3. The normalized spacial score (nSPS) is 12.0. The standard InChI is InChI=1S/C35H26N4/c1-23-11-3-5-17-30(23)36-24(2)25-12-9-13-26(21-25)27-14-10-15-28(22-27)33-35-34(29-16-4-6-18-31(29)37-33)38-32-19-7-8-20-39(32)35/h3-22H,1-2H3. The van der Waals surface area contributed by atoms with E-state index < -0.39 is 0 Å². The van der Waals surface area contributed by atoms with Crippen molar-refractivity contribution >= 4 is 39.0 Å². The Morgan fingerprint density at radius 3 is 2.33 bits per heavy atom.